The molecule has 1 aromatic rings. The van der Waals surface area contributed by atoms with Crippen LogP contribution in [0.4, 0.5) is 0 Å². The van der Waals surface area contributed by atoms with Crippen molar-refractivity contribution in [2.24, 2.45) is 0 Å². The maximum atomic E-state index is 12.2. The lowest BCUT2D eigenvalue weighted by Crippen LogP contribution is -2.38. The Morgan fingerprint density at radius 3 is 2.78 bits per heavy atom. The summed E-state index contributed by atoms with van der Waals surface area (Å²) in [5, 5.41) is 8.80. The molecule has 0 saturated carbocycles. The molecule has 2 atom stereocenters. The first-order valence-corrected chi connectivity index (χ1v) is 8.44. The van der Waals surface area contributed by atoms with Gasteiger partial charge in [-0.05, 0) is 37.6 Å². The molecule has 0 aliphatic carbocycles. The molecule has 0 aromatic heterocycles. The van der Waals surface area contributed by atoms with Gasteiger partial charge in [-0.2, -0.15) is 4.72 Å². The van der Waals surface area contributed by atoms with Crippen molar-refractivity contribution in [3.05, 3.63) is 23.8 Å². The number of nitrogens with one attached hydrogen (secondary N) is 1. The number of aliphatic carboxylic acids is 1. The lowest BCUT2D eigenvalue weighted by atomic mass is 10.1. The first-order valence-electron chi connectivity index (χ1n) is 6.96. The van der Waals surface area contributed by atoms with E-state index in [2.05, 4.69) is 4.72 Å². The fraction of sp³-hybridized carbons (Fsp3) is 0.429. The zero-order valence-corrected chi connectivity index (χ0v) is 13.4. The number of fused-ring (bicyclic) bond motifs is 1. The molecule has 0 spiro atoms. The molecular weight excluding hydrogens is 326 g/mol. The summed E-state index contributed by atoms with van der Waals surface area (Å²) in [6.45, 7) is 3.14. The van der Waals surface area contributed by atoms with Crippen LogP contribution in [0.1, 0.15) is 19.4 Å². The number of hydrogen-bond donors (Lipinski definition) is 2. The van der Waals surface area contributed by atoms with Crippen LogP contribution in [0, 0.1) is 0 Å². The van der Waals surface area contributed by atoms with Crippen LogP contribution in [-0.4, -0.2) is 44.2 Å². The monoisotopic (exact) mass is 343 g/mol. The van der Waals surface area contributed by atoms with Crippen molar-refractivity contribution in [3.8, 4) is 5.75 Å². The molecule has 126 valence electrons. The largest absolute Gasteiger partial charge is 0.480 e. The van der Waals surface area contributed by atoms with E-state index in [1.807, 2.05) is 0 Å². The Hall–Kier alpha value is -2.13. The summed E-state index contributed by atoms with van der Waals surface area (Å²) >= 11 is 0. The third-order valence-corrected chi connectivity index (χ3v) is 4.81. The molecule has 0 fully saturated rings. The Morgan fingerprint density at radius 1 is 1.48 bits per heavy atom. The Balaban J connectivity index is 2.19. The number of esters is 1. The molecular formula is C14H17NO7S. The second kappa shape index (κ2) is 6.55. The van der Waals surface area contributed by atoms with Crippen LogP contribution >= 0.6 is 0 Å². The van der Waals surface area contributed by atoms with Crippen molar-refractivity contribution >= 4 is 22.0 Å². The Bertz CT molecular complexity index is 729. The molecule has 0 radical (unpaired) electrons. The second-order valence-electron chi connectivity index (χ2n) is 5.01. The molecule has 23 heavy (non-hydrogen) atoms. The summed E-state index contributed by atoms with van der Waals surface area (Å²) in [7, 11) is -3.98. The van der Waals surface area contributed by atoms with Crippen molar-refractivity contribution in [2.75, 3.05) is 6.61 Å². The minimum absolute atomic E-state index is 0.0857. The lowest BCUT2D eigenvalue weighted by molar-refractivity contribution is -0.150. The highest BCUT2D eigenvalue weighted by Crippen LogP contribution is 2.31. The van der Waals surface area contributed by atoms with E-state index in [9.17, 15) is 18.0 Å². The molecule has 1 aliphatic rings. The molecule has 0 saturated heterocycles. The van der Waals surface area contributed by atoms with Crippen LogP contribution in [0.25, 0.3) is 0 Å². The number of ether oxygens (including phenoxy) is 2. The normalized spacial score (nSPS) is 17.9. The average molecular weight is 343 g/mol. The van der Waals surface area contributed by atoms with Crippen molar-refractivity contribution in [2.45, 2.75) is 37.3 Å². The highest BCUT2D eigenvalue weighted by atomic mass is 32.2. The van der Waals surface area contributed by atoms with E-state index in [-0.39, 0.29) is 17.9 Å². The maximum Gasteiger partial charge on any atom is 0.347 e. The van der Waals surface area contributed by atoms with Crippen LogP contribution in [0.2, 0.25) is 0 Å². The van der Waals surface area contributed by atoms with Gasteiger partial charge in [-0.3, -0.25) is 4.79 Å². The van der Waals surface area contributed by atoms with E-state index >= 15 is 0 Å². The molecule has 0 bridgehead atoms. The highest BCUT2D eigenvalue weighted by molar-refractivity contribution is 7.89. The SMILES string of the molecule is CCOC(=O)C1Cc2cc(S(=O)(=O)NC(C)C(=O)O)ccc2O1. The average Bonchev–Trinajstić information content (AvgIpc) is 2.90. The van der Waals surface area contributed by atoms with Gasteiger partial charge in [0.2, 0.25) is 10.0 Å². The van der Waals surface area contributed by atoms with Crippen molar-refractivity contribution in [1.29, 1.82) is 0 Å². The van der Waals surface area contributed by atoms with E-state index in [4.69, 9.17) is 14.6 Å². The first kappa shape index (κ1) is 17.2. The van der Waals surface area contributed by atoms with E-state index in [1.165, 1.54) is 25.1 Å². The summed E-state index contributed by atoms with van der Waals surface area (Å²) in [5.74, 6) is -1.38. The molecule has 0 amide bonds. The summed E-state index contributed by atoms with van der Waals surface area (Å²) < 4.78 is 36.7. The Kier molecular flexibility index (Phi) is 4.90. The van der Waals surface area contributed by atoms with Gasteiger partial charge in [-0.1, -0.05) is 0 Å². The topological polar surface area (TPSA) is 119 Å². The summed E-state index contributed by atoms with van der Waals surface area (Å²) in [6, 6.07) is 2.85. The third-order valence-electron chi connectivity index (χ3n) is 3.27. The molecule has 8 nitrogen and oxygen atoms in total. The van der Waals surface area contributed by atoms with Crippen LogP contribution in [0.3, 0.4) is 0 Å². The lowest BCUT2D eigenvalue weighted by Gasteiger charge is -2.11. The second-order valence-corrected chi connectivity index (χ2v) is 6.73. The number of carbonyl (C=O) groups excluding carboxylic acids is 1. The molecule has 1 heterocycles. The van der Waals surface area contributed by atoms with Gasteiger partial charge >= 0.3 is 11.9 Å². The van der Waals surface area contributed by atoms with Crippen LogP contribution in [0.5, 0.6) is 5.75 Å². The molecule has 9 heteroatoms. The van der Waals surface area contributed by atoms with Gasteiger partial charge in [0.05, 0.1) is 11.5 Å². The number of benzene rings is 1. The fourth-order valence-electron chi connectivity index (χ4n) is 2.11. The quantitative estimate of drug-likeness (QED) is 0.713. The van der Waals surface area contributed by atoms with Crippen LogP contribution in [0.15, 0.2) is 23.1 Å². The number of sulfonamides is 1. The summed E-state index contributed by atoms with van der Waals surface area (Å²) in [5.41, 5.74) is 0.550. The standard InChI is InChI=1S/C14H17NO7S/c1-3-21-14(18)12-7-9-6-10(4-5-11(9)22-12)23(19,20)15-8(2)13(16)17/h4-6,8,12,15H,3,7H2,1-2H3,(H,16,17). The van der Waals surface area contributed by atoms with Crippen molar-refractivity contribution < 1.29 is 32.6 Å². The van der Waals surface area contributed by atoms with Crippen molar-refractivity contribution in [3.63, 3.8) is 0 Å². The van der Waals surface area contributed by atoms with E-state index < -0.39 is 34.1 Å². The Labute approximate surface area is 133 Å². The molecule has 1 aromatic carbocycles. The zero-order valence-electron chi connectivity index (χ0n) is 12.6. The van der Waals surface area contributed by atoms with Crippen LogP contribution in [-0.2, 0) is 30.8 Å². The number of carbonyl (C=O) groups is 2. The minimum Gasteiger partial charge on any atom is -0.480 e. The Morgan fingerprint density at radius 2 is 2.17 bits per heavy atom. The smallest absolute Gasteiger partial charge is 0.347 e. The van der Waals surface area contributed by atoms with Gasteiger partial charge in [0.15, 0.2) is 6.10 Å². The minimum atomic E-state index is -3.98. The third kappa shape index (κ3) is 3.80. The predicted octanol–water partition coefficient (Wildman–Crippen LogP) is 0.305. The van der Waals surface area contributed by atoms with E-state index in [0.717, 1.165) is 0 Å². The van der Waals surface area contributed by atoms with Crippen LogP contribution < -0.4 is 9.46 Å². The van der Waals surface area contributed by atoms with Gasteiger partial charge in [0, 0.05) is 6.42 Å². The van der Waals surface area contributed by atoms with E-state index in [0.29, 0.717) is 11.3 Å². The van der Waals surface area contributed by atoms with Gasteiger partial charge in [-0.25, -0.2) is 13.2 Å². The van der Waals surface area contributed by atoms with Gasteiger partial charge in [-0.15, -0.1) is 0 Å². The summed E-state index contributed by atoms with van der Waals surface area (Å²) in [4.78, 5) is 22.4. The first-order chi connectivity index (χ1) is 10.7. The molecule has 2 N–H and O–H groups in total. The summed E-state index contributed by atoms with van der Waals surface area (Å²) in [6.07, 6.45) is -0.597. The number of carboxylic acids is 1. The van der Waals surface area contributed by atoms with Gasteiger partial charge in [0.25, 0.3) is 0 Å². The van der Waals surface area contributed by atoms with Crippen molar-refractivity contribution in [1.82, 2.24) is 4.72 Å². The zero-order chi connectivity index (χ0) is 17.2. The predicted molar refractivity (Wildman–Crippen MR) is 78.6 cm³/mol. The van der Waals surface area contributed by atoms with Gasteiger partial charge in [0.1, 0.15) is 11.8 Å². The highest BCUT2D eigenvalue weighted by Gasteiger charge is 2.32. The number of hydrogen-bond acceptors (Lipinski definition) is 6. The van der Waals surface area contributed by atoms with Gasteiger partial charge < -0.3 is 14.6 Å². The molecule has 2 rings (SSSR count). The fourth-order valence-corrected chi connectivity index (χ4v) is 3.36. The molecule has 1 aliphatic heterocycles. The van der Waals surface area contributed by atoms with E-state index in [1.54, 1.807) is 6.92 Å². The molecule has 2 unspecified atom stereocenters. The number of rotatable bonds is 6. The number of carboxylic acid groups (broad SMARTS) is 1. The maximum absolute atomic E-state index is 12.2.